The van der Waals surface area contributed by atoms with Gasteiger partial charge in [0.2, 0.25) is 0 Å². The third-order valence-electron chi connectivity index (χ3n) is 6.04. The minimum absolute atomic E-state index is 1.06. The van der Waals surface area contributed by atoms with Crippen LogP contribution in [-0.4, -0.2) is 0 Å². The number of hydrogen-bond acceptors (Lipinski definition) is 0. The predicted molar refractivity (Wildman–Crippen MR) is 96.7 cm³/mol. The topological polar surface area (TPSA) is 0 Å². The highest BCUT2D eigenvalue weighted by molar-refractivity contribution is 4.87. The molecule has 0 N–H and O–H groups in total. The van der Waals surface area contributed by atoms with Crippen LogP contribution in [0.2, 0.25) is 0 Å². The highest BCUT2D eigenvalue weighted by Crippen LogP contribution is 2.47. The lowest BCUT2D eigenvalue weighted by atomic mass is 9.61. The monoisotopic (exact) mass is 294 g/mol. The van der Waals surface area contributed by atoms with Gasteiger partial charge in [0.25, 0.3) is 0 Å². The third kappa shape index (κ3) is 6.33. The first-order chi connectivity index (χ1) is 10.3. The molecule has 1 rings (SSSR count). The van der Waals surface area contributed by atoms with Crippen LogP contribution >= 0.6 is 0 Å². The Morgan fingerprint density at radius 1 is 0.524 bits per heavy atom. The molecule has 1 aliphatic rings. The Hall–Kier alpha value is 0. The Kier molecular flexibility index (Phi) is 10.5. The zero-order valence-corrected chi connectivity index (χ0v) is 15.5. The van der Waals surface area contributed by atoms with E-state index in [2.05, 4.69) is 27.7 Å². The molecule has 21 heavy (non-hydrogen) atoms. The summed E-state index contributed by atoms with van der Waals surface area (Å²) < 4.78 is 0. The first-order valence-corrected chi connectivity index (χ1v) is 10.3. The van der Waals surface area contributed by atoms with E-state index in [0.717, 1.165) is 23.7 Å². The van der Waals surface area contributed by atoms with E-state index in [1.165, 1.54) is 70.6 Å². The average Bonchev–Trinajstić information content (AvgIpc) is 2.50. The van der Waals surface area contributed by atoms with Crippen molar-refractivity contribution in [2.75, 3.05) is 0 Å². The van der Waals surface area contributed by atoms with Crippen LogP contribution in [-0.2, 0) is 0 Å². The molecule has 0 heterocycles. The van der Waals surface area contributed by atoms with Crippen molar-refractivity contribution in [1.29, 1.82) is 0 Å². The summed E-state index contributed by atoms with van der Waals surface area (Å²) in [6.07, 6.45) is 19.1. The Morgan fingerprint density at radius 3 is 1.38 bits per heavy atom. The molecule has 126 valence electrons. The largest absolute Gasteiger partial charge is 0.0654 e. The van der Waals surface area contributed by atoms with E-state index in [9.17, 15) is 0 Å². The van der Waals surface area contributed by atoms with Crippen LogP contribution in [0, 0.1) is 23.7 Å². The molecule has 0 spiro atoms. The molecule has 0 heteroatoms. The Balaban J connectivity index is 2.73. The summed E-state index contributed by atoms with van der Waals surface area (Å²) in [6, 6.07) is 0. The Labute approximate surface area is 135 Å². The van der Waals surface area contributed by atoms with Gasteiger partial charge in [0, 0.05) is 0 Å². The summed E-state index contributed by atoms with van der Waals surface area (Å²) in [7, 11) is 0. The highest BCUT2D eigenvalue weighted by atomic mass is 14.4. The van der Waals surface area contributed by atoms with Crippen LogP contribution < -0.4 is 0 Å². The van der Waals surface area contributed by atoms with E-state index in [0.29, 0.717) is 0 Å². The van der Waals surface area contributed by atoms with E-state index < -0.39 is 0 Å². The second kappa shape index (κ2) is 11.6. The van der Waals surface area contributed by atoms with Gasteiger partial charge in [-0.1, -0.05) is 85.5 Å². The predicted octanol–water partition coefficient (Wildman–Crippen LogP) is 7.62. The zero-order chi connectivity index (χ0) is 15.5. The van der Waals surface area contributed by atoms with Crippen molar-refractivity contribution in [1.82, 2.24) is 0 Å². The van der Waals surface area contributed by atoms with Crippen molar-refractivity contribution in [2.24, 2.45) is 23.7 Å². The Morgan fingerprint density at radius 2 is 0.952 bits per heavy atom. The SMILES string of the molecule is CCCCC1CC[C@@H](CCC)C(CCCC)C1CCCC. The zero-order valence-electron chi connectivity index (χ0n) is 15.5. The molecule has 0 bridgehead atoms. The minimum Gasteiger partial charge on any atom is -0.0654 e. The fourth-order valence-corrected chi connectivity index (χ4v) is 4.89. The van der Waals surface area contributed by atoms with Gasteiger partial charge in [0.15, 0.2) is 0 Å². The van der Waals surface area contributed by atoms with E-state index in [4.69, 9.17) is 0 Å². The summed E-state index contributed by atoms with van der Waals surface area (Å²) in [5, 5.41) is 0. The molecule has 0 aromatic rings. The highest BCUT2D eigenvalue weighted by Gasteiger charge is 2.37. The maximum atomic E-state index is 2.39. The molecule has 3 unspecified atom stereocenters. The minimum atomic E-state index is 1.06. The smallest absolute Gasteiger partial charge is 0.0355 e. The molecule has 1 aliphatic carbocycles. The summed E-state index contributed by atoms with van der Waals surface area (Å²) in [5.41, 5.74) is 0. The van der Waals surface area contributed by atoms with Gasteiger partial charge in [0.1, 0.15) is 0 Å². The molecule has 0 saturated heterocycles. The molecular weight excluding hydrogens is 252 g/mol. The summed E-state index contributed by atoms with van der Waals surface area (Å²) >= 11 is 0. The van der Waals surface area contributed by atoms with Crippen molar-refractivity contribution in [3.8, 4) is 0 Å². The number of rotatable bonds is 11. The second-order valence-corrected chi connectivity index (χ2v) is 7.64. The van der Waals surface area contributed by atoms with E-state index in [-0.39, 0.29) is 0 Å². The van der Waals surface area contributed by atoms with Crippen molar-refractivity contribution < 1.29 is 0 Å². The molecule has 1 fully saturated rings. The first kappa shape index (κ1) is 19.0. The second-order valence-electron chi connectivity index (χ2n) is 7.64. The van der Waals surface area contributed by atoms with Gasteiger partial charge >= 0.3 is 0 Å². The van der Waals surface area contributed by atoms with E-state index >= 15 is 0 Å². The maximum absolute atomic E-state index is 2.39. The van der Waals surface area contributed by atoms with Gasteiger partial charge in [-0.2, -0.15) is 0 Å². The standard InChI is InChI=1S/C21H42/c1-5-9-13-19-17-16-18(12-8-4)20(14-10-6-2)21(19)15-11-7-3/h18-21H,5-17H2,1-4H3/t18-,19?,20?,21?/m1/s1. The number of hydrogen-bond donors (Lipinski definition) is 0. The van der Waals surface area contributed by atoms with Crippen LogP contribution in [0.5, 0.6) is 0 Å². The molecule has 0 aromatic heterocycles. The van der Waals surface area contributed by atoms with Gasteiger partial charge in [-0.25, -0.2) is 0 Å². The van der Waals surface area contributed by atoms with Crippen molar-refractivity contribution >= 4 is 0 Å². The van der Waals surface area contributed by atoms with Crippen LogP contribution in [0.1, 0.15) is 111 Å². The normalized spacial score (nSPS) is 29.7. The van der Waals surface area contributed by atoms with Crippen molar-refractivity contribution in [3.05, 3.63) is 0 Å². The summed E-state index contributed by atoms with van der Waals surface area (Å²) in [4.78, 5) is 0. The van der Waals surface area contributed by atoms with Crippen LogP contribution in [0.15, 0.2) is 0 Å². The van der Waals surface area contributed by atoms with Gasteiger partial charge in [-0.05, 0) is 49.4 Å². The van der Waals surface area contributed by atoms with Gasteiger partial charge in [-0.15, -0.1) is 0 Å². The van der Waals surface area contributed by atoms with Crippen molar-refractivity contribution in [2.45, 2.75) is 111 Å². The molecule has 0 nitrogen and oxygen atoms in total. The van der Waals surface area contributed by atoms with Gasteiger partial charge in [-0.3, -0.25) is 0 Å². The van der Waals surface area contributed by atoms with Gasteiger partial charge in [0.05, 0.1) is 0 Å². The van der Waals surface area contributed by atoms with E-state index in [1.54, 1.807) is 12.8 Å². The average molecular weight is 295 g/mol. The van der Waals surface area contributed by atoms with Crippen LogP contribution in [0.3, 0.4) is 0 Å². The summed E-state index contributed by atoms with van der Waals surface area (Å²) in [5.74, 6) is 4.24. The fourth-order valence-electron chi connectivity index (χ4n) is 4.89. The number of unbranched alkanes of at least 4 members (excludes halogenated alkanes) is 3. The first-order valence-electron chi connectivity index (χ1n) is 10.3. The molecule has 1 saturated carbocycles. The molecule has 0 amide bonds. The lowest BCUT2D eigenvalue weighted by Crippen LogP contribution is -2.35. The molecule has 0 radical (unpaired) electrons. The van der Waals surface area contributed by atoms with Crippen molar-refractivity contribution in [3.63, 3.8) is 0 Å². The van der Waals surface area contributed by atoms with E-state index in [1.807, 2.05) is 0 Å². The lowest BCUT2D eigenvalue weighted by molar-refractivity contribution is 0.0601. The summed E-state index contributed by atoms with van der Waals surface area (Å²) in [6.45, 7) is 9.49. The van der Waals surface area contributed by atoms with Crippen LogP contribution in [0.25, 0.3) is 0 Å². The molecule has 0 aliphatic heterocycles. The lowest BCUT2D eigenvalue weighted by Gasteiger charge is -2.44. The Bertz CT molecular complexity index is 232. The van der Waals surface area contributed by atoms with Gasteiger partial charge < -0.3 is 0 Å². The molecule has 0 aromatic carbocycles. The molecular formula is C21H42. The fraction of sp³-hybridized carbons (Fsp3) is 1.00. The molecule has 4 atom stereocenters. The third-order valence-corrected chi connectivity index (χ3v) is 6.04. The quantitative estimate of drug-likeness (QED) is 0.367. The maximum Gasteiger partial charge on any atom is -0.0355 e. The van der Waals surface area contributed by atoms with Crippen LogP contribution in [0.4, 0.5) is 0 Å².